The summed E-state index contributed by atoms with van der Waals surface area (Å²) in [5.41, 5.74) is 13.6. The number of nitrogen functional groups attached to an aromatic ring is 1. The quantitative estimate of drug-likeness (QED) is 0.0748. The number of hydrogen-bond acceptors (Lipinski definition) is 7. The second kappa shape index (κ2) is 12.4. The normalized spacial score (nSPS) is 11.6. The van der Waals surface area contributed by atoms with Gasteiger partial charge in [0.1, 0.15) is 23.2 Å². The van der Waals surface area contributed by atoms with Gasteiger partial charge in [-0.05, 0) is 94.5 Å². The third-order valence-corrected chi connectivity index (χ3v) is 7.33. The molecule has 226 valence electrons. The third-order valence-electron chi connectivity index (χ3n) is 7.33. The molecule has 12 heteroatoms. The molecule has 10 N–H and O–H groups in total. The van der Waals surface area contributed by atoms with Gasteiger partial charge in [0, 0.05) is 29.8 Å². The average Bonchev–Trinajstić information content (AvgIpc) is 3.38. The first kappa shape index (κ1) is 30.8. The van der Waals surface area contributed by atoms with Crippen LogP contribution in [0.2, 0.25) is 0 Å². The minimum atomic E-state index is -1.04. The number of aromatic hydroxyl groups is 2. The van der Waals surface area contributed by atoms with E-state index in [4.69, 9.17) is 16.9 Å². The number of H-pyrrole nitrogens is 1. The summed E-state index contributed by atoms with van der Waals surface area (Å²) in [5.74, 6) is -0.252. The minimum absolute atomic E-state index is 0.0929. The van der Waals surface area contributed by atoms with E-state index in [-0.39, 0.29) is 35.4 Å². The Hall–Kier alpha value is -5.10. The van der Waals surface area contributed by atoms with E-state index < -0.39 is 11.4 Å². The lowest BCUT2D eigenvalue weighted by Crippen LogP contribution is -2.41. The van der Waals surface area contributed by atoms with Crippen molar-refractivity contribution < 1.29 is 19.8 Å². The Labute approximate surface area is 249 Å². The van der Waals surface area contributed by atoms with Crippen LogP contribution in [0.1, 0.15) is 37.0 Å². The van der Waals surface area contributed by atoms with Crippen LogP contribution in [0.25, 0.3) is 33.5 Å². The smallest absolute Gasteiger partial charge is 0.312 e. The molecule has 0 spiro atoms. The number of phenolic OH excluding ortho intramolecular Hbond substituents is 2. The third kappa shape index (κ3) is 6.87. The maximum atomic E-state index is 13.5. The number of phenols is 2. The van der Waals surface area contributed by atoms with Crippen molar-refractivity contribution in [3.05, 3.63) is 65.2 Å². The van der Waals surface area contributed by atoms with Gasteiger partial charge in [-0.1, -0.05) is 6.07 Å². The topological polar surface area (TPSA) is 206 Å². The number of fused-ring (bicyclic) bond motifs is 1. The van der Waals surface area contributed by atoms with E-state index in [0.29, 0.717) is 51.2 Å². The molecule has 0 bridgehead atoms. The molecule has 3 amide bonds. The Morgan fingerprint density at radius 1 is 1.00 bits per heavy atom. The summed E-state index contributed by atoms with van der Waals surface area (Å²) in [7, 11) is 3.94. The van der Waals surface area contributed by atoms with Gasteiger partial charge >= 0.3 is 6.03 Å². The highest BCUT2D eigenvalue weighted by Crippen LogP contribution is 2.44. The Morgan fingerprint density at radius 3 is 2.40 bits per heavy atom. The molecule has 4 aromatic rings. The van der Waals surface area contributed by atoms with Crippen LogP contribution in [0.15, 0.2) is 48.5 Å². The van der Waals surface area contributed by atoms with E-state index in [9.17, 15) is 19.8 Å². The number of urea groups is 1. The van der Waals surface area contributed by atoms with Gasteiger partial charge in [0.2, 0.25) is 5.91 Å². The van der Waals surface area contributed by atoms with Crippen LogP contribution in [0, 0.1) is 5.41 Å². The molecule has 0 atom stereocenters. The summed E-state index contributed by atoms with van der Waals surface area (Å²) < 4.78 is 0. The van der Waals surface area contributed by atoms with Crippen LogP contribution >= 0.6 is 0 Å². The van der Waals surface area contributed by atoms with Crippen molar-refractivity contribution in [2.24, 2.45) is 11.5 Å². The summed E-state index contributed by atoms with van der Waals surface area (Å²) >= 11 is 0. The molecule has 0 saturated heterocycles. The highest BCUT2D eigenvalue weighted by Gasteiger charge is 2.32. The van der Waals surface area contributed by atoms with Gasteiger partial charge in [-0.3, -0.25) is 10.2 Å². The number of primary amides is 1. The number of carbonyl (C=O) groups excluding carboxylic acids is 2. The van der Waals surface area contributed by atoms with Crippen molar-refractivity contribution in [1.82, 2.24) is 25.5 Å². The molecule has 43 heavy (non-hydrogen) atoms. The molecule has 0 aliphatic heterocycles. The van der Waals surface area contributed by atoms with E-state index in [1.807, 2.05) is 19.0 Å². The number of benzene rings is 3. The largest absolute Gasteiger partial charge is 0.507 e. The number of aromatic amines is 1. The monoisotopic (exact) mass is 586 g/mol. The van der Waals surface area contributed by atoms with E-state index in [1.54, 1.807) is 56.3 Å². The summed E-state index contributed by atoms with van der Waals surface area (Å²) in [6, 6.07) is 12.5. The van der Waals surface area contributed by atoms with E-state index in [0.717, 1.165) is 13.0 Å². The lowest BCUT2D eigenvalue weighted by molar-refractivity contribution is -0.125. The van der Waals surface area contributed by atoms with E-state index in [2.05, 4.69) is 20.6 Å². The second-order valence-electron chi connectivity index (χ2n) is 11.3. The number of nitrogens with zero attached hydrogens (tertiary/aromatic N) is 2. The Kier molecular flexibility index (Phi) is 8.90. The van der Waals surface area contributed by atoms with Gasteiger partial charge in [-0.2, -0.15) is 0 Å². The van der Waals surface area contributed by atoms with Crippen molar-refractivity contribution in [3.63, 3.8) is 0 Å². The van der Waals surface area contributed by atoms with Crippen molar-refractivity contribution in [1.29, 1.82) is 5.41 Å². The fourth-order valence-electron chi connectivity index (χ4n) is 4.73. The standard InChI is InChI=1S/C31H38N8O4/c1-31(2,29(42)35-10-5-11-39(3)4)19-14-21(20-12-17(6-9-25(20)40)16-36-30(34)43)26(41)22(15-19)28-37-23-8-7-18(27(32)33)13-24(23)38-28/h6-9,12-15,40-41H,5,10-11,16H2,1-4H3,(H3,32,33)(H,35,42)(H,37,38)(H3,34,36,43). The molecule has 0 saturated carbocycles. The molecule has 0 aliphatic carbocycles. The van der Waals surface area contributed by atoms with Crippen molar-refractivity contribution in [3.8, 4) is 34.0 Å². The molecule has 1 heterocycles. The number of imidazole rings is 1. The van der Waals surface area contributed by atoms with Gasteiger partial charge in [0.05, 0.1) is 22.0 Å². The van der Waals surface area contributed by atoms with Gasteiger partial charge in [-0.15, -0.1) is 0 Å². The van der Waals surface area contributed by atoms with Crippen molar-refractivity contribution >= 4 is 28.8 Å². The van der Waals surface area contributed by atoms with E-state index >= 15 is 0 Å². The lowest BCUT2D eigenvalue weighted by Gasteiger charge is -2.26. The van der Waals surface area contributed by atoms with Gasteiger partial charge in [-0.25, -0.2) is 9.78 Å². The second-order valence-corrected chi connectivity index (χ2v) is 11.3. The lowest BCUT2D eigenvalue weighted by atomic mass is 9.80. The molecule has 1 aromatic heterocycles. The Balaban J connectivity index is 1.86. The number of hydrogen-bond donors (Lipinski definition) is 8. The fourth-order valence-corrected chi connectivity index (χ4v) is 4.73. The zero-order chi connectivity index (χ0) is 31.5. The molecular weight excluding hydrogens is 548 g/mol. The number of aromatic nitrogens is 2. The summed E-state index contributed by atoms with van der Waals surface area (Å²) in [6.07, 6.45) is 0.780. The maximum absolute atomic E-state index is 13.5. The Morgan fingerprint density at radius 2 is 1.72 bits per heavy atom. The van der Waals surface area contributed by atoms with Crippen molar-refractivity contribution in [2.75, 3.05) is 27.2 Å². The van der Waals surface area contributed by atoms with E-state index in [1.165, 1.54) is 6.07 Å². The molecule has 3 aromatic carbocycles. The first-order valence-electron chi connectivity index (χ1n) is 13.8. The molecule has 4 rings (SSSR count). The first-order valence-corrected chi connectivity index (χ1v) is 13.8. The number of nitrogens with one attached hydrogen (secondary N) is 4. The van der Waals surface area contributed by atoms with Crippen LogP contribution in [0.3, 0.4) is 0 Å². The van der Waals surface area contributed by atoms with Crippen LogP contribution in [-0.4, -0.2) is 70.0 Å². The number of amides is 3. The number of amidine groups is 1. The fraction of sp³-hybridized carbons (Fsp3) is 0.290. The molecule has 0 radical (unpaired) electrons. The number of nitrogens with two attached hydrogens (primary N) is 2. The van der Waals surface area contributed by atoms with Gasteiger partial charge < -0.3 is 42.2 Å². The highest BCUT2D eigenvalue weighted by atomic mass is 16.3. The van der Waals surface area contributed by atoms with Gasteiger partial charge in [0.25, 0.3) is 0 Å². The maximum Gasteiger partial charge on any atom is 0.312 e. The van der Waals surface area contributed by atoms with Crippen LogP contribution in [0.5, 0.6) is 11.5 Å². The summed E-state index contributed by atoms with van der Waals surface area (Å²) in [6.45, 7) is 5.01. The minimum Gasteiger partial charge on any atom is -0.507 e. The molecule has 0 unspecified atom stereocenters. The summed E-state index contributed by atoms with van der Waals surface area (Å²) in [4.78, 5) is 34.6. The van der Waals surface area contributed by atoms with Crippen molar-refractivity contribution in [2.45, 2.75) is 32.2 Å². The zero-order valence-electron chi connectivity index (χ0n) is 24.7. The average molecular weight is 587 g/mol. The molecule has 0 fully saturated rings. The zero-order valence-corrected chi connectivity index (χ0v) is 24.7. The SMILES string of the molecule is CN(C)CCCNC(=O)C(C)(C)c1cc(-c2nc3ccc(C(=N)N)cc3[nH]2)c(O)c(-c2cc(CNC(N)=O)ccc2O)c1. The predicted octanol–water partition coefficient (Wildman–Crippen LogP) is 3.11. The summed E-state index contributed by atoms with van der Waals surface area (Å²) in [5, 5.41) is 35.8. The Bertz CT molecular complexity index is 1690. The highest BCUT2D eigenvalue weighted by molar-refractivity contribution is 5.98. The van der Waals surface area contributed by atoms with Crippen LogP contribution in [-0.2, 0) is 16.8 Å². The first-order chi connectivity index (χ1) is 20.3. The number of carbonyl (C=O) groups is 2. The van der Waals surface area contributed by atoms with Gasteiger partial charge in [0.15, 0.2) is 0 Å². The predicted molar refractivity (Wildman–Crippen MR) is 167 cm³/mol. The molecule has 12 nitrogen and oxygen atoms in total. The molecular formula is C31H38N8O4. The van der Waals surface area contributed by atoms with Crippen LogP contribution in [0.4, 0.5) is 4.79 Å². The molecule has 0 aliphatic rings. The number of rotatable bonds is 11. The van der Waals surface area contributed by atoms with Crippen LogP contribution < -0.4 is 22.1 Å².